The van der Waals surface area contributed by atoms with E-state index in [1.807, 2.05) is 0 Å². The molecule has 49 heavy (non-hydrogen) atoms. The Morgan fingerprint density at radius 1 is 0.469 bits per heavy atom. The molecule has 0 N–H and O–H groups in total. The second-order valence-electron chi connectivity index (χ2n) is 17.6. The van der Waals surface area contributed by atoms with E-state index in [4.69, 9.17) is 0 Å². The summed E-state index contributed by atoms with van der Waals surface area (Å²) in [7, 11) is 0. The van der Waals surface area contributed by atoms with E-state index in [0.717, 1.165) is 23.7 Å². The number of rotatable bonds is 4. The molecule has 0 amide bonds. The highest BCUT2D eigenvalue weighted by molar-refractivity contribution is 5.91. The molecule has 4 bridgehead atoms. The minimum absolute atomic E-state index is 0.102. The van der Waals surface area contributed by atoms with Crippen molar-refractivity contribution in [3.8, 4) is 22.3 Å². The van der Waals surface area contributed by atoms with Gasteiger partial charge >= 0.3 is 0 Å². The minimum Gasteiger partial charge on any atom is -0.310 e. The molecule has 4 fully saturated rings. The molecule has 0 unspecified atom stereocenters. The molecule has 1 heteroatoms. The maximum absolute atomic E-state index is 2.59. The Hall–Kier alpha value is -4.10. The Morgan fingerprint density at radius 3 is 1.78 bits per heavy atom. The summed E-state index contributed by atoms with van der Waals surface area (Å²) in [4.78, 5) is 2.59. The van der Waals surface area contributed by atoms with Gasteiger partial charge in [-0.25, -0.2) is 0 Å². The van der Waals surface area contributed by atoms with Gasteiger partial charge in [0, 0.05) is 16.8 Å². The second-order valence-corrected chi connectivity index (χ2v) is 17.6. The van der Waals surface area contributed by atoms with E-state index < -0.39 is 0 Å². The fraction of sp³-hybridized carbons (Fsp3) is 0.375. The molecule has 1 nitrogen and oxygen atoms in total. The summed E-state index contributed by atoms with van der Waals surface area (Å²) in [5, 5.41) is 0. The molecule has 4 saturated carbocycles. The predicted molar refractivity (Wildman–Crippen MR) is 205 cm³/mol. The van der Waals surface area contributed by atoms with Crippen LogP contribution in [0.2, 0.25) is 0 Å². The highest BCUT2D eigenvalue weighted by Gasteiger charge is 2.62. The van der Waals surface area contributed by atoms with Gasteiger partial charge in [-0.1, -0.05) is 113 Å². The molecule has 0 aliphatic heterocycles. The van der Waals surface area contributed by atoms with Crippen LogP contribution in [0.25, 0.3) is 22.3 Å². The molecule has 5 aromatic rings. The standard InChI is InChI=1S/C48H49N/c1-46(2)24-25-47(3,4)44-38(15-10-18-42(44)46)33-20-22-37(23-21-33)49(36-12-6-5-7-13-36)43-19-11-16-40-39-14-8-9-17-41(39)48(45(40)43)34-27-31-26-32(29-34)30-35(48)28-31/h5-23,31-32,34-35H,24-30H2,1-4H3. The van der Waals surface area contributed by atoms with E-state index in [2.05, 4.69) is 148 Å². The van der Waals surface area contributed by atoms with E-state index in [9.17, 15) is 0 Å². The van der Waals surface area contributed by atoms with Crippen LogP contribution in [-0.2, 0) is 16.2 Å². The smallest absolute Gasteiger partial charge is 0.0509 e. The van der Waals surface area contributed by atoms with Crippen LogP contribution in [0.15, 0.2) is 115 Å². The number of fused-ring (bicyclic) bond motifs is 4. The summed E-state index contributed by atoms with van der Waals surface area (Å²) in [6.07, 6.45) is 9.50. The lowest BCUT2D eigenvalue weighted by atomic mass is 9.43. The summed E-state index contributed by atoms with van der Waals surface area (Å²) in [5.41, 5.74) is 16.3. The van der Waals surface area contributed by atoms with Crippen molar-refractivity contribution in [1.82, 2.24) is 0 Å². The van der Waals surface area contributed by atoms with E-state index in [-0.39, 0.29) is 16.2 Å². The van der Waals surface area contributed by atoms with E-state index in [1.165, 1.54) is 89.8 Å². The minimum atomic E-state index is 0.102. The molecular formula is C48H49N. The Morgan fingerprint density at radius 2 is 1.04 bits per heavy atom. The number of anilines is 3. The zero-order chi connectivity index (χ0) is 33.1. The zero-order valence-electron chi connectivity index (χ0n) is 29.7. The molecule has 1 spiro atoms. The van der Waals surface area contributed by atoms with Gasteiger partial charge in [0.2, 0.25) is 0 Å². The fourth-order valence-corrected chi connectivity index (χ4v) is 12.1. The largest absolute Gasteiger partial charge is 0.310 e. The number of hydrogen-bond donors (Lipinski definition) is 0. The molecule has 6 aliphatic carbocycles. The molecule has 6 aliphatic rings. The fourth-order valence-electron chi connectivity index (χ4n) is 12.1. The third-order valence-electron chi connectivity index (χ3n) is 14.1. The molecule has 0 heterocycles. The van der Waals surface area contributed by atoms with Crippen LogP contribution in [0.5, 0.6) is 0 Å². The van der Waals surface area contributed by atoms with Gasteiger partial charge in [0.25, 0.3) is 0 Å². The molecule has 246 valence electrons. The average Bonchev–Trinajstić information content (AvgIpc) is 3.41. The second kappa shape index (κ2) is 10.5. The lowest BCUT2D eigenvalue weighted by Crippen LogP contribution is -2.55. The number of nitrogens with zero attached hydrogens (tertiary/aromatic N) is 1. The van der Waals surface area contributed by atoms with Gasteiger partial charge < -0.3 is 4.90 Å². The molecule has 11 rings (SSSR count). The molecule has 0 saturated heterocycles. The van der Waals surface area contributed by atoms with Crippen LogP contribution in [0.3, 0.4) is 0 Å². The highest BCUT2D eigenvalue weighted by atomic mass is 15.1. The lowest BCUT2D eigenvalue weighted by Gasteiger charge is -2.61. The average molecular weight is 640 g/mol. The van der Waals surface area contributed by atoms with Gasteiger partial charge in [0.1, 0.15) is 0 Å². The van der Waals surface area contributed by atoms with Crippen molar-refractivity contribution < 1.29 is 0 Å². The van der Waals surface area contributed by atoms with Crippen LogP contribution in [-0.4, -0.2) is 0 Å². The van der Waals surface area contributed by atoms with E-state index in [1.54, 1.807) is 16.7 Å². The Labute approximate surface area is 293 Å². The van der Waals surface area contributed by atoms with Gasteiger partial charge in [0.05, 0.1) is 5.69 Å². The maximum atomic E-state index is 2.59. The Balaban J connectivity index is 1.15. The normalized spacial score (nSPS) is 27.8. The summed E-state index contributed by atoms with van der Waals surface area (Å²) in [6.45, 7) is 9.76. The number of benzene rings is 5. The van der Waals surface area contributed by atoms with Crippen LogP contribution in [0, 0.1) is 23.7 Å². The van der Waals surface area contributed by atoms with Crippen LogP contribution < -0.4 is 4.90 Å². The predicted octanol–water partition coefficient (Wildman–Crippen LogP) is 12.9. The first-order valence-electron chi connectivity index (χ1n) is 19.1. The van der Waals surface area contributed by atoms with Gasteiger partial charge in [-0.2, -0.15) is 0 Å². The summed E-state index contributed by atoms with van der Waals surface area (Å²) < 4.78 is 0. The number of para-hydroxylation sites is 1. The van der Waals surface area contributed by atoms with Crippen molar-refractivity contribution in [2.45, 2.75) is 88.9 Å². The summed E-state index contributed by atoms with van der Waals surface area (Å²) in [5.74, 6) is 3.30. The zero-order valence-corrected chi connectivity index (χ0v) is 29.7. The van der Waals surface area contributed by atoms with Crippen LogP contribution >= 0.6 is 0 Å². The third-order valence-corrected chi connectivity index (χ3v) is 14.1. The first-order valence-corrected chi connectivity index (χ1v) is 19.1. The van der Waals surface area contributed by atoms with Crippen LogP contribution in [0.1, 0.15) is 94.9 Å². The monoisotopic (exact) mass is 639 g/mol. The third kappa shape index (κ3) is 4.17. The van der Waals surface area contributed by atoms with Crippen molar-refractivity contribution in [3.05, 3.63) is 138 Å². The molecule has 0 atom stereocenters. The molecule has 0 radical (unpaired) electrons. The first-order chi connectivity index (χ1) is 23.8. The molecule has 5 aromatic carbocycles. The van der Waals surface area contributed by atoms with Gasteiger partial charge in [-0.05, 0) is 154 Å². The summed E-state index contributed by atoms with van der Waals surface area (Å²) in [6, 6.07) is 44.5. The maximum Gasteiger partial charge on any atom is 0.0509 e. The van der Waals surface area contributed by atoms with Gasteiger partial charge in [-0.3, -0.25) is 0 Å². The van der Waals surface area contributed by atoms with Crippen molar-refractivity contribution in [1.29, 1.82) is 0 Å². The Kier molecular flexibility index (Phi) is 6.36. The van der Waals surface area contributed by atoms with Crippen molar-refractivity contribution in [3.63, 3.8) is 0 Å². The Bertz CT molecular complexity index is 2050. The summed E-state index contributed by atoms with van der Waals surface area (Å²) >= 11 is 0. The molecular weight excluding hydrogens is 591 g/mol. The van der Waals surface area contributed by atoms with Crippen LogP contribution in [0.4, 0.5) is 17.1 Å². The van der Waals surface area contributed by atoms with Crippen molar-refractivity contribution in [2.75, 3.05) is 4.90 Å². The molecule has 0 aromatic heterocycles. The van der Waals surface area contributed by atoms with Crippen molar-refractivity contribution in [2.24, 2.45) is 23.7 Å². The van der Waals surface area contributed by atoms with Crippen molar-refractivity contribution >= 4 is 17.1 Å². The van der Waals surface area contributed by atoms with Gasteiger partial charge in [-0.15, -0.1) is 0 Å². The highest BCUT2D eigenvalue weighted by Crippen LogP contribution is 2.71. The van der Waals surface area contributed by atoms with Gasteiger partial charge in [0.15, 0.2) is 0 Å². The van der Waals surface area contributed by atoms with E-state index in [0.29, 0.717) is 0 Å². The topological polar surface area (TPSA) is 3.24 Å². The lowest BCUT2D eigenvalue weighted by molar-refractivity contribution is -0.0397. The first kappa shape index (κ1) is 29.8. The SMILES string of the molecule is CC1(C)CCC(C)(C)c2c(-c3ccc(N(c4ccccc4)c4cccc5c4C4(c6ccccc6-5)C5CC6CC(C5)CC4C6)cc3)cccc21. The van der Waals surface area contributed by atoms with E-state index >= 15 is 0 Å². The number of hydrogen-bond acceptors (Lipinski definition) is 1. The quantitative estimate of drug-likeness (QED) is 0.189.